The number of nitrogen functional groups attached to an aromatic ring is 1. The van der Waals surface area contributed by atoms with Crippen molar-refractivity contribution in [1.82, 2.24) is 15.2 Å². The molecular weight excluding hydrogens is 216 g/mol. The molecule has 0 aliphatic carbocycles. The average molecular weight is 228 g/mol. The van der Waals surface area contributed by atoms with Gasteiger partial charge in [0.2, 0.25) is 5.95 Å². The van der Waals surface area contributed by atoms with Crippen molar-refractivity contribution in [2.24, 2.45) is 0 Å². The Kier molecular flexibility index (Phi) is 2.56. The van der Waals surface area contributed by atoms with E-state index in [1.54, 1.807) is 6.20 Å². The lowest BCUT2D eigenvalue weighted by atomic mass is 9.99. The first-order valence-corrected chi connectivity index (χ1v) is 6.54. The van der Waals surface area contributed by atoms with Crippen LogP contribution >= 0.6 is 0 Å². The number of hydrogen-bond donors (Lipinski definition) is 1. The predicted molar refractivity (Wildman–Crippen MR) is 54.9 cm³/mol. The van der Waals surface area contributed by atoms with Crippen molar-refractivity contribution in [3.05, 3.63) is 11.9 Å². The number of rotatable bonds is 1. The van der Waals surface area contributed by atoms with Crippen molar-refractivity contribution in [3.8, 4) is 0 Å². The van der Waals surface area contributed by atoms with Crippen LogP contribution in [-0.4, -0.2) is 35.1 Å². The summed E-state index contributed by atoms with van der Waals surface area (Å²) < 4.78 is 22.4. The Bertz CT molecular complexity index is 445. The first kappa shape index (κ1) is 10.3. The molecule has 6 nitrogen and oxygen atoms in total. The molecule has 2 N–H and O–H groups in total. The van der Waals surface area contributed by atoms with E-state index >= 15 is 0 Å². The number of nitrogens with zero attached hydrogens (tertiary/aromatic N) is 3. The molecule has 0 bridgehead atoms. The molecule has 0 atom stereocenters. The molecular formula is C8H12N4O2S. The fraction of sp³-hybridized carbons (Fsp3) is 0.625. The Labute approximate surface area is 87.8 Å². The predicted octanol–water partition coefficient (Wildman–Crippen LogP) is -0.254. The summed E-state index contributed by atoms with van der Waals surface area (Å²) in [5.74, 6) is 0.732. The third kappa shape index (κ3) is 2.41. The molecule has 15 heavy (non-hydrogen) atoms. The molecule has 0 aromatic carbocycles. The molecule has 1 aliphatic rings. The van der Waals surface area contributed by atoms with Crippen LogP contribution in [0.1, 0.15) is 24.5 Å². The summed E-state index contributed by atoms with van der Waals surface area (Å²) >= 11 is 0. The Balaban J connectivity index is 2.14. The first-order valence-electron chi connectivity index (χ1n) is 4.72. The van der Waals surface area contributed by atoms with Gasteiger partial charge in [-0.25, -0.2) is 13.4 Å². The summed E-state index contributed by atoms with van der Waals surface area (Å²) in [5.41, 5.74) is 6.16. The van der Waals surface area contributed by atoms with Gasteiger partial charge in [-0.3, -0.25) is 0 Å². The summed E-state index contributed by atoms with van der Waals surface area (Å²) in [4.78, 5) is 4.05. The zero-order chi connectivity index (χ0) is 10.9. The fourth-order valence-corrected chi connectivity index (χ4v) is 3.20. The highest BCUT2D eigenvalue weighted by molar-refractivity contribution is 7.91. The minimum atomic E-state index is -2.83. The van der Waals surface area contributed by atoms with Gasteiger partial charge < -0.3 is 5.73 Å². The van der Waals surface area contributed by atoms with Crippen LogP contribution in [0.4, 0.5) is 5.95 Å². The monoisotopic (exact) mass is 228 g/mol. The molecule has 1 aromatic heterocycles. The summed E-state index contributed by atoms with van der Waals surface area (Å²) in [6.45, 7) is 0. The number of hydrogen-bond acceptors (Lipinski definition) is 6. The molecule has 1 fully saturated rings. The number of anilines is 1. The lowest BCUT2D eigenvalue weighted by Crippen LogP contribution is -2.23. The van der Waals surface area contributed by atoms with Crippen LogP contribution < -0.4 is 5.73 Å². The van der Waals surface area contributed by atoms with Gasteiger partial charge in [0.05, 0.1) is 23.4 Å². The van der Waals surface area contributed by atoms with Gasteiger partial charge in [-0.15, -0.1) is 5.10 Å². The SMILES string of the molecule is Nc1nncc(C2CCS(=O)(=O)CC2)n1. The van der Waals surface area contributed by atoms with E-state index in [1.165, 1.54) is 0 Å². The van der Waals surface area contributed by atoms with Crippen LogP contribution in [0.5, 0.6) is 0 Å². The van der Waals surface area contributed by atoms with Gasteiger partial charge in [0, 0.05) is 5.92 Å². The third-order valence-corrected chi connectivity index (χ3v) is 4.28. The maximum atomic E-state index is 11.2. The van der Waals surface area contributed by atoms with E-state index in [-0.39, 0.29) is 23.4 Å². The highest BCUT2D eigenvalue weighted by Gasteiger charge is 2.25. The quantitative estimate of drug-likeness (QED) is 0.711. The molecule has 7 heteroatoms. The molecule has 1 aliphatic heterocycles. The van der Waals surface area contributed by atoms with E-state index in [2.05, 4.69) is 15.2 Å². The second-order valence-corrected chi connectivity index (χ2v) is 5.97. The van der Waals surface area contributed by atoms with Gasteiger partial charge in [0.15, 0.2) is 0 Å². The van der Waals surface area contributed by atoms with Crippen molar-refractivity contribution in [3.63, 3.8) is 0 Å². The highest BCUT2D eigenvalue weighted by atomic mass is 32.2. The Hall–Kier alpha value is -1.24. The highest BCUT2D eigenvalue weighted by Crippen LogP contribution is 2.27. The van der Waals surface area contributed by atoms with E-state index in [0.29, 0.717) is 12.8 Å². The van der Waals surface area contributed by atoms with Crippen LogP contribution in [0.3, 0.4) is 0 Å². The maximum absolute atomic E-state index is 11.2. The van der Waals surface area contributed by atoms with Gasteiger partial charge in [-0.05, 0) is 12.8 Å². The van der Waals surface area contributed by atoms with E-state index < -0.39 is 9.84 Å². The zero-order valence-corrected chi connectivity index (χ0v) is 8.94. The Morgan fingerprint density at radius 1 is 1.33 bits per heavy atom. The lowest BCUT2D eigenvalue weighted by molar-refractivity contribution is 0.543. The van der Waals surface area contributed by atoms with Gasteiger partial charge >= 0.3 is 0 Å². The van der Waals surface area contributed by atoms with Crippen molar-refractivity contribution < 1.29 is 8.42 Å². The number of aromatic nitrogens is 3. The molecule has 0 saturated carbocycles. The van der Waals surface area contributed by atoms with E-state index in [0.717, 1.165) is 5.69 Å². The average Bonchev–Trinajstić information content (AvgIpc) is 2.17. The minimum Gasteiger partial charge on any atom is -0.366 e. The first-order chi connectivity index (χ1) is 7.07. The molecule has 0 spiro atoms. The topological polar surface area (TPSA) is 98.8 Å². The van der Waals surface area contributed by atoms with Crippen LogP contribution in [0.15, 0.2) is 6.20 Å². The van der Waals surface area contributed by atoms with Crippen molar-refractivity contribution in [1.29, 1.82) is 0 Å². The molecule has 0 amide bonds. The Morgan fingerprint density at radius 2 is 2.00 bits per heavy atom. The van der Waals surface area contributed by atoms with Crippen LogP contribution in [0.2, 0.25) is 0 Å². The number of sulfone groups is 1. The molecule has 2 rings (SSSR count). The minimum absolute atomic E-state index is 0.140. The normalized spacial score (nSPS) is 21.3. The van der Waals surface area contributed by atoms with Crippen molar-refractivity contribution >= 4 is 15.8 Å². The zero-order valence-electron chi connectivity index (χ0n) is 8.13. The summed E-state index contributed by atoms with van der Waals surface area (Å²) in [5, 5.41) is 7.27. The van der Waals surface area contributed by atoms with Crippen molar-refractivity contribution in [2.75, 3.05) is 17.2 Å². The largest absolute Gasteiger partial charge is 0.366 e. The fourth-order valence-electron chi connectivity index (χ4n) is 1.71. The summed E-state index contributed by atoms with van der Waals surface area (Å²) in [6, 6.07) is 0. The maximum Gasteiger partial charge on any atom is 0.240 e. The smallest absolute Gasteiger partial charge is 0.240 e. The molecule has 1 aromatic rings. The van der Waals surface area contributed by atoms with E-state index in [9.17, 15) is 8.42 Å². The van der Waals surface area contributed by atoms with Gasteiger partial charge in [-0.1, -0.05) is 0 Å². The standard InChI is InChI=1S/C8H12N4O2S/c9-8-11-7(5-10-12-8)6-1-3-15(13,14)4-2-6/h5-6H,1-4H2,(H2,9,11,12). The molecule has 82 valence electrons. The molecule has 1 saturated heterocycles. The van der Waals surface area contributed by atoms with Crippen LogP contribution in [-0.2, 0) is 9.84 Å². The second-order valence-electron chi connectivity index (χ2n) is 3.67. The summed E-state index contributed by atoms with van der Waals surface area (Å²) in [7, 11) is -2.83. The molecule has 0 unspecified atom stereocenters. The summed E-state index contributed by atoms with van der Waals surface area (Å²) in [6.07, 6.45) is 2.75. The number of nitrogens with two attached hydrogens (primary N) is 1. The van der Waals surface area contributed by atoms with Gasteiger partial charge in [0.1, 0.15) is 9.84 Å². The Morgan fingerprint density at radius 3 is 2.60 bits per heavy atom. The molecule has 2 heterocycles. The lowest BCUT2D eigenvalue weighted by Gasteiger charge is -2.20. The second kappa shape index (κ2) is 3.73. The van der Waals surface area contributed by atoms with Gasteiger partial charge in [-0.2, -0.15) is 5.10 Å². The van der Waals surface area contributed by atoms with Crippen molar-refractivity contribution in [2.45, 2.75) is 18.8 Å². The van der Waals surface area contributed by atoms with Crippen LogP contribution in [0, 0.1) is 0 Å². The third-order valence-electron chi connectivity index (χ3n) is 2.57. The van der Waals surface area contributed by atoms with Gasteiger partial charge in [0.25, 0.3) is 0 Å². The van der Waals surface area contributed by atoms with Crippen LogP contribution in [0.25, 0.3) is 0 Å². The van der Waals surface area contributed by atoms with E-state index in [1.807, 2.05) is 0 Å². The van der Waals surface area contributed by atoms with E-state index in [4.69, 9.17) is 5.73 Å². The molecule has 0 radical (unpaired) electrons.